The highest BCUT2D eigenvalue weighted by Gasteiger charge is 2.49. The molecule has 4 nitrogen and oxygen atoms in total. The highest BCUT2D eigenvalue weighted by molar-refractivity contribution is 7.53. The van der Waals surface area contributed by atoms with E-state index in [4.69, 9.17) is 5.73 Å². The van der Waals surface area contributed by atoms with Gasteiger partial charge >= 0.3 is 7.60 Å². The van der Waals surface area contributed by atoms with Crippen molar-refractivity contribution in [2.24, 2.45) is 11.7 Å². The van der Waals surface area contributed by atoms with Gasteiger partial charge in [0, 0.05) is 0 Å². The molecule has 0 bridgehead atoms. The van der Waals surface area contributed by atoms with Gasteiger partial charge in [0.1, 0.15) is 5.28 Å². The Morgan fingerprint density at radius 1 is 1.54 bits per heavy atom. The Bertz CT molecular complexity index is 227. The Hall–Kier alpha value is 0.110. The Kier molecular flexibility index (Phi) is 3.18. The first kappa shape index (κ1) is 11.2. The van der Waals surface area contributed by atoms with Gasteiger partial charge in [-0.25, -0.2) is 0 Å². The summed E-state index contributed by atoms with van der Waals surface area (Å²) in [4.78, 5) is 18.4. The van der Waals surface area contributed by atoms with E-state index in [1.54, 1.807) is 0 Å². The van der Waals surface area contributed by atoms with Crippen LogP contribution in [0.15, 0.2) is 0 Å². The van der Waals surface area contributed by atoms with Gasteiger partial charge < -0.3 is 15.5 Å². The second kappa shape index (κ2) is 3.70. The van der Waals surface area contributed by atoms with Crippen molar-refractivity contribution in [3.05, 3.63) is 0 Å². The monoisotopic (exact) mass is 207 g/mol. The molecule has 1 aliphatic carbocycles. The van der Waals surface area contributed by atoms with Crippen molar-refractivity contribution in [3.63, 3.8) is 0 Å². The van der Waals surface area contributed by atoms with E-state index in [0.29, 0.717) is 6.42 Å². The van der Waals surface area contributed by atoms with Crippen LogP contribution >= 0.6 is 7.60 Å². The fourth-order valence-corrected chi connectivity index (χ4v) is 3.43. The molecule has 1 aliphatic rings. The van der Waals surface area contributed by atoms with Gasteiger partial charge in [-0.2, -0.15) is 0 Å². The first-order valence-electron chi connectivity index (χ1n) is 4.76. The van der Waals surface area contributed by atoms with Crippen molar-refractivity contribution in [1.82, 2.24) is 0 Å². The van der Waals surface area contributed by atoms with Crippen LogP contribution in [0, 0.1) is 5.92 Å². The number of hydrogen-bond acceptors (Lipinski definition) is 2. The zero-order chi connectivity index (χ0) is 10.1. The Labute approximate surface area is 78.7 Å². The zero-order valence-corrected chi connectivity index (χ0v) is 8.83. The first-order valence-corrected chi connectivity index (χ1v) is 6.37. The molecule has 5 heteroatoms. The normalized spacial score (nSPS) is 36.2. The Morgan fingerprint density at radius 2 is 2.15 bits per heavy atom. The summed E-state index contributed by atoms with van der Waals surface area (Å²) >= 11 is 0. The van der Waals surface area contributed by atoms with Crippen molar-refractivity contribution < 1.29 is 14.4 Å². The molecule has 0 aromatic rings. The number of rotatable bonds is 2. The Morgan fingerprint density at radius 3 is 2.54 bits per heavy atom. The summed E-state index contributed by atoms with van der Waals surface area (Å²) in [6, 6.07) is 0. The van der Waals surface area contributed by atoms with Gasteiger partial charge in [0.2, 0.25) is 0 Å². The second-order valence-corrected chi connectivity index (χ2v) is 5.81. The standard InChI is InChI=1S/C8H18NO3P/c1-2-7-5-3-4-6-8(7,9)13(10,11)12/h7H,2-6,9H2,1H3,(H2,10,11,12). The average molecular weight is 207 g/mol. The summed E-state index contributed by atoms with van der Waals surface area (Å²) in [5.74, 6) is -0.0258. The fraction of sp³-hybridized carbons (Fsp3) is 1.00. The lowest BCUT2D eigenvalue weighted by Gasteiger charge is -2.40. The van der Waals surface area contributed by atoms with Gasteiger partial charge in [-0.1, -0.05) is 26.2 Å². The molecule has 1 saturated carbocycles. The van der Waals surface area contributed by atoms with Crippen molar-refractivity contribution in [2.45, 2.75) is 44.3 Å². The summed E-state index contributed by atoms with van der Waals surface area (Å²) in [6.07, 6.45) is 3.92. The van der Waals surface area contributed by atoms with Crippen LogP contribution in [0.25, 0.3) is 0 Å². The van der Waals surface area contributed by atoms with E-state index < -0.39 is 12.9 Å². The summed E-state index contributed by atoms with van der Waals surface area (Å²) in [5, 5.41) is -1.25. The van der Waals surface area contributed by atoms with E-state index in [-0.39, 0.29) is 5.92 Å². The molecule has 0 aromatic heterocycles. The molecule has 0 heterocycles. The predicted octanol–water partition coefficient (Wildman–Crippen LogP) is 1.42. The van der Waals surface area contributed by atoms with Crippen LogP contribution in [0.3, 0.4) is 0 Å². The van der Waals surface area contributed by atoms with Gasteiger partial charge in [0.25, 0.3) is 0 Å². The highest BCUT2D eigenvalue weighted by Crippen LogP contribution is 2.57. The van der Waals surface area contributed by atoms with Crippen LogP contribution in [0.2, 0.25) is 0 Å². The summed E-state index contributed by atoms with van der Waals surface area (Å²) in [5.41, 5.74) is 5.83. The molecule has 0 spiro atoms. The van der Waals surface area contributed by atoms with Gasteiger partial charge in [-0.3, -0.25) is 4.57 Å². The van der Waals surface area contributed by atoms with Crippen LogP contribution in [0.4, 0.5) is 0 Å². The smallest absolute Gasteiger partial charge is 0.323 e. The molecule has 1 fully saturated rings. The summed E-state index contributed by atoms with van der Waals surface area (Å²) in [7, 11) is -4.15. The maximum atomic E-state index is 11.2. The molecule has 78 valence electrons. The predicted molar refractivity (Wildman–Crippen MR) is 51.2 cm³/mol. The van der Waals surface area contributed by atoms with E-state index in [9.17, 15) is 14.4 Å². The van der Waals surface area contributed by atoms with Gasteiger partial charge in [-0.05, 0) is 18.8 Å². The molecule has 0 aromatic carbocycles. The van der Waals surface area contributed by atoms with Crippen molar-refractivity contribution >= 4 is 7.60 Å². The second-order valence-electron chi connectivity index (χ2n) is 3.89. The molecule has 13 heavy (non-hydrogen) atoms. The Balaban J connectivity index is 2.90. The van der Waals surface area contributed by atoms with E-state index in [1.165, 1.54) is 0 Å². The molecular formula is C8H18NO3P. The fourth-order valence-electron chi connectivity index (χ4n) is 2.19. The maximum Gasteiger partial charge on any atom is 0.345 e. The minimum atomic E-state index is -4.15. The lowest BCUT2D eigenvalue weighted by Crippen LogP contribution is -2.48. The average Bonchev–Trinajstić information content (AvgIpc) is 2.03. The number of hydrogen-bond donors (Lipinski definition) is 3. The van der Waals surface area contributed by atoms with E-state index in [2.05, 4.69) is 0 Å². The molecule has 1 rings (SSSR count). The molecule has 0 amide bonds. The van der Waals surface area contributed by atoms with Crippen molar-refractivity contribution in [1.29, 1.82) is 0 Å². The lowest BCUT2D eigenvalue weighted by atomic mass is 9.83. The molecule has 4 N–H and O–H groups in total. The molecule has 2 atom stereocenters. The first-order chi connectivity index (χ1) is 5.92. The molecule has 2 unspecified atom stereocenters. The van der Waals surface area contributed by atoms with Crippen molar-refractivity contribution in [3.8, 4) is 0 Å². The van der Waals surface area contributed by atoms with Crippen LogP contribution in [0.1, 0.15) is 39.0 Å². The third-order valence-corrected chi connectivity index (χ3v) is 4.80. The van der Waals surface area contributed by atoms with Crippen LogP contribution in [-0.4, -0.2) is 15.1 Å². The zero-order valence-electron chi connectivity index (χ0n) is 7.94. The highest BCUT2D eigenvalue weighted by atomic mass is 31.2. The van der Waals surface area contributed by atoms with Crippen LogP contribution < -0.4 is 5.73 Å². The molecule has 0 aliphatic heterocycles. The van der Waals surface area contributed by atoms with Crippen molar-refractivity contribution in [2.75, 3.05) is 0 Å². The van der Waals surface area contributed by atoms with E-state index in [0.717, 1.165) is 25.7 Å². The van der Waals surface area contributed by atoms with Gasteiger partial charge in [0.15, 0.2) is 0 Å². The van der Waals surface area contributed by atoms with Gasteiger partial charge in [-0.15, -0.1) is 0 Å². The maximum absolute atomic E-state index is 11.2. The third-order valence-electron chi connectivity index (χ3n) is 3.12. The largest absolute Gasteiger partial charge is 0.345 e. The topological polar surface area (TPSA) is 83.6 Å². The summed E-state index contributed by atoms with van der Waals surface area (Å²) in [6.45, 7) is 1.94. The summed E-state index contributed by atoms with van der Waals surface area (Å²) < 4.78 is 11.2. The van der Waals surface area contributed by atoms with E-state index >= 15 is 0 Å². The minimum absolute atomic E-state index is 0.0258. The minimum Gasteiger partial charge on any atom is -0.323 e. The lowest BCUT2D eigenvalue weighted by molar-refractivity contribution is 0.209. The third kappa shape index (κ3) is 1.96. The SMILES string of the molecule is CCC1CCCCC1(N)P(=O)(O)O. The molecule has 0 saturated heterocycles. The quantitative estimate of drug-likeness (QED) is 0.598. The van der Waals surface area contributed by atoms with Gasteiger partial charge in [0.05, 0.1) is 0 Å². The van der Waals surface area contributed by atoms with Crippen LogP contribution in [0.5, 0.6) is 0 Å². The molecular weight excluding hydrogens is 189 g/mol. The molecule has 0 radical (unpaired) electrons. The number of nitrogens with two attached hydrogens (primary N) is 1. The van der Waals surface area contributed by atoms with Crippen LogP contribution in [-0.2, 0) is 4.57 Å². The van der Waals surface area contributed by atoms with E-state index in [1.807, 2.05) is 6.92 Å².